The molecule has 0 spiro atoms. The molecule has 2 aromatic carbocycles. The second kappa shape index (κ2) is 7.99. The minimum absolute atomic E-state index is 0.0775. The van der Waals surface area contributed by atoms with Gasteiger partial charge in [-0.25, -0.2) is 9.18 Å². The molecule has 1 fully saturated rings. The van der Waals surface area contributed by atoms with E-state index in [1.807, 2.05) is 6.92 Å². The molecular weight excluding hydrogens is 333 g/mol. The Morgan fingerprint density at radius 3 is 2.42 bits per heavy atom. The van der Waals surface area contributed by atoms with Crippen LogP contribution in [0.1, 0.15) is 29.3 Å². The molecule has 0 aliphatic carbocycles. The molecule has 3 rings (SSSR count). The normalized spacial score (nSPS) is 14.5. The molecule has 6 heteroatoms. The Kier molecular flexibility index (Phi) is 5.51. The average molecular weight is 355 g/mol. The highest BCUT2D eigenvalue weighted by molar-refractivity contribution is 5.96. The van der Waals surface area contributed by atoms with E-state index >= 15 is 0 Å². The molecule has 1 aliphatic heterocycles. The fourth-order valence-electron chi connectivity index (χ4n) is 3.03. The molecule has 0 saturated carbocycles. The zero-order valence-corrected chi connectivity index (χ0v) is 14.7. The van der Waals surface area contributed by atoms with Crippen molar-refractivity contribution < 1.29 is 14.0 Å². The first-order chi connectivity index (χ1) is 12.6. The van der Waals surface area contributed by atoms with Gasteiger partial charge in [-0.1, -0.05) is 12.1 Å². The highest BCUT2D eigenvalue weighted by Gasteiger charge is 2.26. The van der Waals surface area contributed by atoms with E-state index in [1.54, 1.807) is 46.2 Å². The first kappa shape index (κ1) is 17.9. The zero-order valence-electron chi connectivity index (χ0n) is 14.7. The van der Waals surface area contributed by atoms with Gasteiger partial charge in [0.2, 0.25) is 0 Å². The summed E-state index contributed by atoms with van der Waals surface area (Å²) in [5, 5.41) is 2.75. The molecule has 5 nitrogen and oxygen atoms in total. The Hall–Kier alpha value is -2.89. The number of halogens is 1. The first-order valence-corrected chi connectivity index (χ1v) is 8.77. The van der Waals surface area contributed by atoms with Crippen molar-refractivity contribution in [2.45, 2.75) is 19.9 Å². The van der Waals surface area contributed by atoms with Gasteiger partial charge in [0.05, 0.1) is 0 Å². The number of nitrogens with zero attached hydrogens (tertiary/aromatic N) is 2. The molecule has 0 bridgehead atoms. The Morgan fingerprint density at radius 2 is 1.77 bits per heavy atom. The van der Waals surface area contributed by atoms with Crippen molar-refractivity contribution in [3.05, 3.63) is 65.5 Å². The number of nitrogens with one attached hydrogen (secondary N) is 1. The quantitative estimate of drug-likeness (QED) is 0.894. The minimum atomic E-state index is -0.285. The predicted molar refractivity (Wildman–Crippen MR) is 98.6 cm³/mol. The monoisotopic (exact) mass is 355 g/mol. The van der Waals surface area contributed by atoms with Crippen molar-refractivity contribution in [3.8, 4) is 0 Å². The summed E-state index contributed by atoms with van der Waals surface area (Å²) in [6.45, 7) is 4.20. The summed E-state index contributed by atoms with van der Waals surface area (Å²) in [6.07, 6.45) is 0.852. The lowest BCUT2D eigenvalue weighted by Gasteiger charge is -2.35. The predicted octanol–water partition coefficient (Wildman–Crippen LogP) is 3.41. The van der Waals surface area contributed by atoms with Crippen LogP contribution < -0.4 is 10.2 Å². The molecule has 1 aliphatic rings. The van der Waals surface area contributed by atoms with Crippen LogP contribution in [0.25, 0.3) is 0 Å². The number of benzene rings is 2. The van der Waals surface area contributed by atoms with Gasteiger partial charge in [-0.05, 0) is 55.3 Å². The molecule has 0 unspecified atom stereocenters. The molecule has 1 heterocycles. The van der Waals surface area contributed by atoms with Gasteiger partial charge in [0, 0.05) is 37.4 Å². The van der Waals surface area contributed by atoms with Crippen LogP contribution in [0.15, 0.2) is 48.5 Å². The Balaban J connectivity index is 1.71. The molecule has 0 atom stereocenters. The standard InChI is InChI=1S/C20H22FN3O2/c1-2-22-19(25)16-6-10-18(11-7-16)24-13-3-12-23(20(24)26)14-15-4-8-17(21)9-5-15/h4-11H,2-3,12-14H2,1H3,(H,22,25). The van der Waals surface area contributed by atoms with E-state index < -0.39 is 0 Å². The number of hydrogen-bond acceptors (Lipinski definition) is 2. The molecule has 0 radical (unpaired) electrons. The third-order valence-corrected chi connectivity index (χ3v) is 4.38. The molecule has 26 heavy (non-hydrogen) atoms. The van der Waals surface area contributed by atoms with E-state index in [2.05, 4.69) is 5.32 Å². The average Bonchev–Trinajstić information content (AvgIpc) is 2.66. The lowest BCUT2D eigenvalue weighted by atomic mass is 10.1. The second-order valence-electron chi connectivity index (χ2n) is 6.24. The fourth-order valence-corrected chi connectivity index (χ4v) is 3.03. The smallest absolute Gasteiger partial charge is 0.324 e. The highest BCUT2D eigenvalue weighted by Crippen LogP contribution is 2.22. The van der Waals surface area contributed by atoms with Gasteiger partial charge in [-0.15, -0.1) is 0 Å². The number of urea groups is 1. The van der Waals surface area contributed by atoms with Crippen molar-refractivity contribution in [3.63, 3.8) is 0 Å². The Bertz CT molecular complexity index is 775. The SMILES string of the molecule is CCNC(=O)c1ccc(N2CCCN(Cc3ccc(F)cc3)C2=O)cc1. The minimum Gasteiger partial charge on any atom is -0.352 e. The van der Waals surface area contributed by atoms with Gasteiger partial charge in [0.1, 0.15) is 5.82 Å². The highest BCUT2D eigenvalue weighted by atomic mass is 19.1. The summed E-state index contributed by atoms with van der Waals surface area (Å²) in [6, 6.07) is 13.2. The number of anilines is 1. The lowest BCUT2D eigenvalue weighted by Crippen LogP contribution is -2.49. The van der Waals surface area contributed by atoms with E-state index in [0.29, 0.717) is 31.7 Å². The van der Waals surface area contributed by atoms with Crippen LogP contribution in [0.5, 0.6) is 0 Å². The van der Waals surface area contributed by atoms with E-state index in [1.165, 1.54) is 12.1 Å². The Labute approximate surface area is 152 Å². The maximum Gasteiger partial charge on any atom is 0.324 e. The molecule has 1 N–H and O–H groups in total. The largest absolute Gasteiger partial charge is 0.352 e. The van der Waals surface area contributed by atoms with Gasteiger partial charge in [-0.2, -0.15) is 0 Å². The third-order valence-electron chi connectivity index (χ3n) is 4.38. The maximum absolute atomic E-state index is 13.0. The van der Waals surface area contributed by atoms with Crippen LogP contribution >= 0.6 is 0 Å². The fraction of sp³-hybridized carbons (Fsp3) is 0.300. The number of amides is 3. The maximum atomic E-state index is 13.0. The third kappa shape index (κ3) is 4.02. The van der Waals surface area contributed by atoms with Crippen molar-refractivity contribution in [2.24, 2.45) is 0 Å². The molecule has 3 amide bonds. The van der Waals surface area contributed by atoms with Gasteiger partial charge in [0.25, 0.3) is 5.91 Å². The summed E-state index contributed by atoms with van der Waals surface area (Å²) in [5.41, 5.74) is 2.24. The van der Waals surface area contributed by atoms with E-state index in [0.717, 1.165) is 17.7 Å². The molecular formula is C20H22FN3O2. The number of rotatable bonds is 5. The second-order valence-corrected chi connectivity index (χ2v) is 6.24. The van der Waals surface area contributed by atoms with Crippen molar-refractivity contribution in [2.75, 3.05) is 24.5 Å². The van der Waals surface area contributed by atoms with Crippen molar-refractivity contribution in [1.82, 2.24) is 10.2 Å². The van der Waals surface area contributed by atoms with Crippen LogP contribution in [0.3, 0.4) is 0 Å². The number of carbonyl (C=O) groups excluding carboxylic acids is 2. The summed E-state index contributed by atoms with van der Waals surface area (Å²) < 4.78 is 13.0. The van der Waals surface area contributed by atoms with Crippen LogP contribution in [0, 0.1) is 5.82 Å². The van der Waals surface area contributed by atoms with E-state index in [-0.39, 0.29) is 17.8 Å². The van der Waals surface area contributed by atoms with Crippen LogP contribution in [-0.4, -0.2) is 36.5 Å². The zero-order chi connectivity index (χ0) is 18.5. The van der Waals surface area contributed by atoms with Crippen LogP contribution in [-0.2, 0) is 6.54 Å². The molecule has 1 saturated heterocycles. The number of hydrogen-bond donors (Lipinski definition) is 1. The van der Waals surface area contributed by atoms with Crippen molar-refractivity contribution >= 4 is 17.6 Å². The van der Waals surface area contributed by atoms with Gasteiger partial charge < -0.3 is 10.2 Å². The Morgan fingerprint density at radius 1 is 1.08 bits per heavy atom. The topological polar surface area (TPSA) is 52.7 Å². The first-order valence-electron chi connectivity index (χ1n) is 8.77. The summed E-state index contributed by atoms with van der Waals surface area (Å²) in [4.78, 5) is 28.1. The molecule has 2 aromatic rings. The van der Waals surface area contributed by atoms with Gasteiger partial charge in [0.15, 0.2) is 0 Å². The van der Waals surface area contributed by atoms with E-state index in [4.69, 9.17) is 0 Å². The lowest BCUT2D eigenvalue weighted by molar-refractivity contribution is 0.0956. The van der Waals surface area contributed by atoms with Crippen molar-refractivity contribution in [1.29, 1.82) is 0 Å². The number of carbonyl (C=O) groups is 2. The van der Waals surface area contributed by atoms with Crippen LogP contribution in [0.2, 0.25) is 0 Å². The molecule has 0 aromatic heterocycles. The van der Waals surface area contributed by atoms with Gasteiger partial charge in [-0.3, -0.25) is 9.69 Å². The van der Waals surface area contributed by atoms with Gasteiger partial charge >= 0.3 is 6.03 Å². The summed E-state index contributed by atoms with van der Waals surface area (Å²) >= 11 is 0. The summed E-state index contributed by atoms with van der Waals surface area (Å²) in [5.74, 6) is -0.408. The van der Waals surface area contributed by atoms with E-state index in [9.17, 15) is 14.0 Å². The summed E-state index contributed by atoms with van der Waals surface area (Å²) in [7, 11) is 0. The molecule has 136 valence electrons. The van der Waals surface area contributed by atoms with Crippen LogP contribution in [0.4, 0.5) is 14.9 Å².